The summed E-state index contributed by atoms with van der Waals surface area (Å²) in [5.74, 6) is 0.0422. The third kappa shape index (κ3) is 3.79. The predicted molar refractivity (Wildman–Crippen MR) is 70.7 cm³/mol. The standard InChI is InChI=1S/C14H18N2O3/c1-11(17)13-9-16(8-7-15-13)14(18)19-10-12-5-3-2-4-6-12/h2-6,13,15H,7-10H2,1H3/t13-/m0/s1. The number of hydrogen-bond donors (Lipinski definition) is 1. The van der Waals surface area contributed by atoms with Crippen molar-refractivity contribution in [1.29, 1.82) is 0 Å². The van der Waals surface area contributed by atoms with Gasteiger partial charge in [0.15, 0.2) is 0 Å². The molecule has 19 heavy (non-hydrogen) atoms. The van der Waals surface area contributed by atoms with Crippen molar-refractivity contribution in [3.63, 3.8) is 0 Å². The molecule has 1 aliphatic rings. The third-order valence-electron chi connectivity index (χ3n) is 3.13. The minimum absolute atomic E-state index is 0.0422. The van der Waals surface area contributed by atoms with Gasteiger partial charge in [-0.2, -0.15) is 0 Å². The van der Waals surface area contributed by atoms with Crippen LogP contribution < -0.4 is 5.32 Å². The van der Waals surface area contributed by atoms with Crippen LogP contribution in [0.4, 0.5) is 4.79 Å². The second-order valence-electron chi connectivity index (χ2n) is 4.60. The molecule has 1 aromatic carbocycles. The summed E-state index contributed by atoms with van der Waals surface area (Å²) in [4.78, 5) is 24.8. The first-order chi connectivity index (χ1) is 9.16. The van der Waals surface area contributed by atoms with Gasteiger partial charge in [-0.3, -0.25) is 4.79 Å². The maximum atomic E-state index is 11.9. The molecule has 0 saturated carbocycles. The highest BCUT2D eigenvalue weighted by Crippen LogP contribution is 2.06. The lowest BCUT2D eigenvalue weighted by molar-refractivity contribution is -0.119. The van der Waals surface area contributed by atoms with Gasteiger partial charge in [0.25, 0.3) is 0 Å². The van der Waals surface area contributed by atoms with Gasteiger partial charge in [-0.05, 0) is 12.5 Å². The Morgan fingerprint density at radius 2 is 2.11 bits per heavy atom. The van der Waals surface area contributed by atoms with Crippen LogP contribution >= 0.6 is 0 Å². The van der Waals surface area contributed by atoms with Crippen molar-refractivity contribution in [2.45, 2.75) is 19.6 Å². The smallest absolute Gasteiger partial charge is 0.410 e. The van der Waals surface area contributed by atoms with E-state index in [1.165, 1.54) is 6.92 Å². The number of hydrogen-bond acceptors (Lipinski definition) is 4. The molecule has 0 radical (unpaired) electrons. The van der Waals surface area contributed by atoms with Crippen LogP contribution in [0.2, 0.25) is 0 Å². The van der Waals surface area contributed by atoms with Crippen molar-refractivity contribution < 1.29 is 14.3 Å². The Hall–Kier alpha value is -1.88. The number of ether oxygens (including phenoxy) is 1. The topological polar surface area (TPSA) is 58.6 Å². The number of Topliss-reactive ketones (excluding diaryl/α,β-unsaturated/α-hetero) is 1. The van der Waals surface area contributed by atoms with Gasteiger partial charge in [0.2, 0.25) is 0 Å². The Morgan fingerprint density at radius 1 is 1.37 bits per heavy atom. The van der Waals surface area contributed by atoms with Crippen molar-refractivity contribution in [2.24, 2.45) is 0 Å². The average molecular weight is 262 g/mol. The van der Waals surface area contributed by atoms with E-state index in [0.29, 0.717) is 19.6 Å². The number of carbonyl (C=O) groups is 2. The Balaban J connectivity index is 1.84. The zero-order valence-electron chi connectivity index (χ0n) is 11.0. The van der Waals surface area contributed by atoms with Crippen LogP contribution in [0.3, 0.4) is 0 Å². The fourth-order valence-corrected chi connectivity index (χ4v) is 2.00. The largest absolute Gasteiger partial charge is 0.445 e. The summed E-state index contributed by atoms with van der Waals surface area (Å²) in [5, 5.41) is 3.08. The number of nitrogens with one attached hydrogen (secondary N) is 1. The zero-order valence-corrected chi connectivity index (χ0v) is 11.0. The Labute approximate surface area is 112 Å². The van der Waals surface area contributed by atoms with E-state index < -0.39 is 0 Å². The summed E-state index contributed by atoms with van der Waals surface area (Å²) in [6.45, 7) is 3.34. The van der Waals surface area contributed by atoms with Crippen LogP contribution in [0, 0.1) is 0 Å². The highest BCUT2D eigenvalue weighted by molar-refractivity contribution is 5.82. The SMILES string of the molecule is CC(=O)[C@@H]1CN(C(=O)OCc2ccccc2)CCN1. The molecule has 5 heteroatoms. The monoisotopic (exact) mass is 262 g/mol. The molecule has 0 aromatic heterocycles. The van der Waals surface area contributed by atoms with E-state index in [0.717, 1.165) is 5.56 Å². The second kappa shape index (κ2) is 6.33. The lowest BCUT2D eigenvalue weighted by Gasteiger charge is -2.31. The van der Waals surface area contributed by atoms with E-state index in [1.807, 2.05) is 30.3 Å². The lowest BCUT2D eigenvalue weighted by Crippen LogP contribution is -2.55. The van der Waals surface area contributed by atoms with Crippen molar-refractivity contribution in [3.05, 3.63) is 35.9 Å². The average Bonchev–Trinajstić information content (AvgIpc) is 2.46. The van der Waals surface area contributed by atoms with Gasteiger partial charge < -0.3 is 15.0 Å². The normalized spacial score (nSPS) is 19.0. The molecular formula is C14H18N2O3. The maximum absolute atomic E-state index is 11.9. The first-order valence-electron chi connectivity index (χ1n) is 6.36. The summed E-state index contributed by atoms with van der Waals surface area (Å²) in [5.41, 5.74) is 0.953. The highest BCUT2D eigenvalue weighted by Gasteiger charge is 2.26. The Kier molecular flexibility index (Phi) is 4.52. The van der Waals surface area contributed by atoms with E-state index >= 15 is 0 Å². The van der Waals surface area contributed by atoms with Crippen LogP contribution in [-0.4, -0.2) is 42.5 Å². The zero-order chi connectivity index (χ0) is 13.7. The number of benzene rings is 1. The van der Waals surface area contributed by atoms with Crippen LogP contribution in [0.15, 0.2) is 30.3 Å². The van der Waals surface area contributed by atoms with Crippen molar-refractivity contribution in [2.75, 3.05) is 19.6 Å². The molecule has 0 aliphatic carbocycles. The second-order valence-corrected chi connectivity index (χ2v) is 4.60. The van der Waals surface area contributed by atoms with Crippen LogP contribution in [0.5, 0.6) is 0 Å². The van der Waals surface area contributed by atoms with Crippen LogP contribution in [-0.2, 0) is 16.1 Å². The van der Waals surface area contributed by atoms with Crippen molar-refractivity contribution >= 4 is 11.9 Å². The van der Waals surface area contributed by atoms with Gasteiger partial charge >= 0.3 is 6.09 Å². The molecule has 1 heterocycles. The van der Waals surface area contributed by atoms with Crippen LogP contribution in [0.1, 0.15) is 12.5 Å². The fraction of sp³-hybridized carbons (Fsp3) is 0.429. The van der Waals surface area contributed by atoms with Gasteiger partial charge in [-0.15, -0.1) is 0 Å². The minimum atomic E-state index is -0.364. The molecule has 102 valence electrons. The number of nitrogens with zero attached hydrogens (tertiary/aromatic N) is 1. The number of amides is 1. The molecular weight excluding hydrogens is 244 g/mol. The van der Waals surface area contributed by atoms with Crippen molar-refractivity contribution in [3.8, 4) is 0 Å². The molecule has 0 spiro atoms. The van der Waals surface area contributed by atoms with Gasteiger partial charge in [-0.25, -0.2) is 4.79 Å². The fourth-order valence-electron chi connectivity index (χ4n) is 2.00. The lowest BCUT2D eigenvalue weighted by atomic mass is 10.1. The first-order valence-corrected chi connectivity index (χ1v) is 6.36. The summed E-state index contributed by atoms with van der Waals surface area (Å²) in [6.07, 6.45) is -0.364. The predicted octanol–water partition coefficient (Wildman–Crippen LogP) is 1.19. The first kappa shape index (κ1) is 13.5. The molecule has 2 rings (SSSR count). The number of carbonyl (C=O) groups excluding carboxylic acids is 2. The number of piperazine rings is 1. The van der Waals surface area contributed by atoms with Gasteiger partial charge in [-0.1, -0.05) is 30.3 Å². The quantitative estimate of drug-likeness (QED) is 0.889. The summed E-state index contributed by atoms with van der Waals surface area (Å²) in [6, 6.07) is 9.25. The van der Waals surface area contributed by atoms with Gasteiger partial charge in [0.1, 0.15) is 12.4 Å². The van der Waals surface area contributed by atoms with Crippen LogP contribution in [0.25, 0.3) is 0 Å². The summed E-state index contributed by atoms with van der Waals surface area (Å²) < 4.78 is 5.24. The minimum Gasteiger partial charge on any atom is -0.445 e. The molecule has 0 bridgehead atoms. The molecule has 5 nitrogen and oxygen atoms in total. The molecule has 1 saturated heterocycles. The number of rotatable bonds is 3. The molecule has 1 atom stereocenters. The van der Waals surface area contributed by atoms with Crippen molar-refractivity contribution in [1.82, 2.24) is 10.2 Å². The highest BCUT2D eigenvalue weighted by atomic mass is 16.6. The third-order valence-corrected chi connectivity index (χ3v) is 3.13. The molecule has 1 fully saturated rings. The molecule has 1 amide bonds. The molecule has 1 aromatic rings. The molecule has 1 N–H and O–H groups in total. The Bertz CT molecular complexity index is 447. The number of ketones is 1. The maximum Gasteiger partial charge on any atom is 0.410 e. The van der Waals surface area contributed by atoms with E-state index in [9.17, 15) is 9.59 Å². The van der Waals surface area contributed by atoms with E-state index in [4.69, 9.17) is 4.74 Å². The van der Waals surface area contributed by atoms with Gasteiger partial charge in [0.05, 0.1) is 6.04 Å². The van der Waals surface area contributed by atoms with E-state index in [1.54, 1.807) is 4.90 Å². The summed E-state index contributed by atoms with van der Waals surface area (Å²) >= 11 is 0. The molecule has 0 unspecified atom stereocenters. The van der Waals surface area contributed by atoms with Gasteiger partial charge in [0, 0.05) is 19.6 Å². The Morgan fingerprint density at radius 3 is 2.79 bits per heavy atom. The molecule has 1 aliphatic heterocycles. The summed E-state index contributed by atoms with van der Waals surface area (Å²) in [7, 11) is 0. The van der Waals surface area contributed by atoms with E-state index in [2.05, 4.69) is 5.32 Å². The van der Waals surface area contributed by atoms with E-state index in [-0.39, 0.29) is 24.5 Å².